The molecule has 0 aliphatic heterocycles. The van der Waals surface area contributed by atoms with Crippen LogP contribution in [-0.2, 0) is 0 Å². The van der Waals surface area contributed by atoms with Crippen LogP contribution in [0.2, 0.25) is 0 Å². The van der Waals surface area contributed by atoms with Gasteiger partial charge in [-0.15, -0.1) is 6.58 Å². The number of nitrogens with zero attached hydrogens (tertiary/aromatic N) is 2. The van der Waals surface area contributed by atoms with E-state index in [2.05, 4.69) is 19.6 Å². The van der Waals surface area contributed by atoms with E-state index in [4.69, 9.17) is 4.98 Å². The van der Waals surface area contributed by atoms with E-state index in [0.29, 0.717) is 16.3 Å². The zero-order chi connectivity index (χ0) is 16.4. The lowest BCUT2D eigenvalue weighted by Crippen LogP contribution is -2.22. The molecule has 2 aromatic carbocycles. The van der Waals surface area contributed by atoms with E-state index in [1.165, 1.54) is 11.8 Å². The Morgan fingerprint density at radius 3 is 2.74 bits per heavy atom. The average Bonchev–Trinajstić information content (AvgIpc) is 2.56. The molecule has 0 unspecified atom stereocenters. The lowest BCUT2D eigenvalue weighted by molar-refractivity contribution is 0.814. The molecule has 116 valence electrons. The summed E-state index contributed by atoms with van der Waals surface area (Å²) in [5.41, 5.74) is 3.83. The Morgan fingerprint density at radius 2 is 1.96 bits per heavy atom. The van der Waals surface area contributed by atoms with Crippen LogP contribution in [-0.4, -0.2) is 15.3 Å². The van der Waals surface area contributed by atoms with Crippen molar-refractivity contribution in [2.45, 2.75) is 19.0 Å². The van der Waals surface area contributed by atoms with Gasteiger partial charge in [0.1, 0.15) is 0 Å². The van der Waals surface area contributed by atoms with E-state index in [1.807, 2.05) is 49.4 Å². The normalized spacial score (nSPS) is 10.9. The molecule has 0 saturated heterocycles. The van der Waals surface area contributed by atoms with Gasteiger partial charge in [0.05, 0.1) is 16.6 Å². The Kier molecular flexibility index (Phi) is 4.35. The zero-order valence-corrected chi connectivity index (χ0v) is 14.1. The number of hydrogen-bond donors (Lipinski definition) is 0. The maximum absolute atomic E-state index is 13.1. The third kappa shape index (κ3) is 2.82. The van der Waals surface area contributed by atoms with Gasteiger partial charge < -0.3 is 0 Å². The van der Waals surface area contributed by atoms with Crippen LogP contribution in [0, 0.1) is 13.8 Å². The van der Waals surface area contributed by atoms with Crippen molar-refractivity contribution in [3.63, 3.8) is 0 Å². The molecule has 0 aliphatic rings. The Bertz CT molecular complexity index is 944. The van der Waals surface area contributed by atoms with Crippen LogP contribution in [0.15, 0.2) is 65.1 Å². The highest BCUT2D eigenvalue weighted by molar-refractivity contribution is 7.99. The Hall–Kier alpha value is -2.33. The minimum Gasteiger partial charge on any atom is -0.268 e. The monoisotopic (exact) mass is 322 g/mol. The number of thioether (sulfide) groups is 1. The second-order valence-corrected chi connectivity index (χ2v) is 6.36. The summed E-state index contributed by atoms with van der Waals surface area (Å²) in [7, 11) is 0. The molecule has 1 aromatic heterocycles. The molecule has 0 bridgehead atoms. The van der Waals surface area contributed by atoms with Crippen LogP contribution < -0.4 is 5.56 Å². The number of para-hydroxylation sites is 1. The second-order valence-electron chi connectivity index (χ2n) is 5.37. The van der Waals surface area contributed by atoms with Crippen molar-refractivity contribution >= 4 is 22.7 Å². The molecule has 0 spiro atoms. The average molecular weight is 322 g/mol. The molecule has 0 amide bonds. The van der Waals surface area contributed by atoms with Gasteiger partial charge in [-0.1, -0.05) is 42.1 Å². The van der Waals surface area contributed by atoms with E-state index >= 15 is 0 Å². The number of aromatic nitrogens is 2. The second kappa shape index (κ2) is 6.42. The van der Waals surface area contributed by atoms with Crippen LogP contribution in [0.4, 0.5) is 0 Å². The van der Waals surface area contributed by atoms with Crippen LogP contribution in [0.25, 0.3) is 16.6 Å². The van der Waals surface area contributed by atoms with Gasteiger partial charge in [0.15, 0.2) is 5.16 Å². The number of hydrogen-bond acceptors (Lipinski definition) is 3. The summed E-state index contributed by atoms with van der Waals surface area (Å²) in [6.07, 6.45) is 1.82. The first-order chi connectivity index (χ1) is 11.1. The molecule has 23 heavy (non-hydrogen) atoms. The van der Waals surface area contributed by atoms with Gasteiger partial charge in [0, 0.05) is 5.75 Å². The van der Waals surface area contributed by atoms with Crippen molar-refractivity contribution in [2.24, 2.45) is 0 Å². The van der Waals surface area contributed by atoms with E-state index < -0.39 is 0 Å². The molecule has 0 saturated carbocycles. The van der Waals surface area contributed by atoms with Gasteiger partial charge in [-0.05, 0) is 43.2 Å². The molecule has 4 heteroatoms. The minimum absolute atomic E-state index is 0.0316. The fraction of sp³-hybridized carbons (Fsp3) is 0.158. The molecular formula is C19H18N2OS. The Balaban J connectivity index is 2.37. The lowest BCUT2D eigenvalue weighted by Gasteiger charge is -2.15. The van der Waals surface area contributed by atoms with Gasteiger partial charge in [0.25, 0.3) is 5.56 Å². The molecule has 0 atom stereocenters. The third-order valence-electron chi connectivity index (χ3n) is 3.89. The quantitative estimate of drug-likeness (QED) is 0.408. The van der Waals surface area contributed by atoms with E-state index in [-0.39, 0.29) is 5.56 Å². The lowest BCUT2D eigenvalue weighted by atomic mass is 10.1. The summed E-state index contributed by atoms with van der Waals surface area (Å²) in [5.74, 6) is 0.704. The van der Waals surface area contributed by atoms with Crippen molar-refractivity contribution in [3.05, 3.63) is 76.6 Å². The molecule has 0 N–H and O–H groups in total. The summed E-state index contributed by atoms with van der Waals surface area (Å²) < 4.78 is 1.72. The van der Waals surface area contributed by atoms with Crippen molar-refractivity contribution in [2.75, 3.05) is 5.75 Å². The fourth-order valence-electron chi connectivity index (χ4n) is 2.53. The Morgan fingerprint density at radius 1 is 1.17 bits per heavy atom. The van der Waals surface area contributed by atoms with Crippen LogP contribution in [0.5, 0.6) is 0 Å². The van der Waals surface area contributed by atoms with Gasteiger partial charge in [-0.25, -0.2) is 4.98 Å². The predicted molar refractivity (Wildman–Crippen MR) is 97.7 cm³/mol. The van der Waals surface area contributed by atoms with Gasteiger partial charge in [-0.2, -0.15) is 0 Å². The Labute approximate surface area is 139 Å². The highest BCUT2D eigenvalue weighted by atomic mass is 32.2. The first-order valence-corrected chi connectivity index (χ1v) is 8.44. The molecule has 3 nitrogen and oxygen atoms in total. The SMILES string of the molecule is C=CCSc1nc2ccccc2c(=O)n1-c1cccc(C)c1C. The van der Waals surface area contributed by atoms with Gasteiger partial charge >= 0.3 is 0 Å². The standard InChI is InChI=1S/C19H18N2OS/c1-4-12-23-19-20-16-10-6-5-9-15(16)18(22)21(19)17-11-7-8-13(2)14(17)3/h4-11H,1,12H2,2-3H3. The predicted octanol–water partition coefficient (Wildman–Crippen LogP) is 4.28. The summed E-state index contributed by atoms with van der Waals surface area (Å²) in [4.78, 5) is 17.8. The largest absolute Gasteiger partial charge is 0.268 e. The topological polar surface area (TPSA) is 34.9 Å². The maximum Gasteiger partial charge on any atom is 0.266 e. The summed E-state index contributed by atoms with van der Waals surface area (Å²) >= 11 is 1.52. The number of aryl methyl sites for hydroxylation is 1. The first kappa shape index (κ1) is 15.6. The molecule has 0 radical (unpaired) electrons. The van der Waals surface area contributed by atoms with E-state index in [1.54, 1.807) is 4.57 Å². The number of fused-ring (bicyclic) bond motifs is 1. The van der Waals surface area contributed by atoms with Crippen LogP contribution in [0.3, 0.4) is 0 Å². The molecule has 3 aromatic rings. The zero-order valence-electron chi connectivity index (χ0n) is 13.2. The van der Waals surface area contributed by atoms with Crippen molar-refractivity contribution in [3.8, 4) is 5.69 Å². The number of rotatable bonds is 4. The highest BCUT2D eigenvalue weighted by Crippen LogP contribution is 2.24. The van der Waals surface area contributed by atoms with Crippen molar-refractivity contribution in [1.29, 1.82) is 0 Å². The molecule has 3 rings (SSSR count). The van der Waals surface area contributed by atoms with Crippen LogP contribution >= 0.6 is 11.8 Å². The highest BCUT2D eigenvalue weighted by Gasteiger charge is 2.14. The van der Waals surface area contributed by atoms with Crippen molar-refractivity contribution in [1.82, 2.24) is 9.55 Å². The van der Waals surface area contributed by atoms with Gasteiger partial charge in [-0.3, -0.25) is 9.36 Å². The summed E-state index contributed by atoms with van der Waals surface area (Å²) in [6.45, 7) is 7.85. The number of benzene rings is 2. The van der Waals surface area contributed by atoms with Crippen molar-refractivity contribution < 1.29 is 0 Å². The molecule has 1 heterocycles. The first-order valence-electron chi connectivity index (χ1n) is 7.45. The van der Waals surface area contributed by atoms with Crippen LogP contribution in [0.1, 0.15) is 11.1 Å². The fourth-order valence-corrected chi connectivity index (χ4v) is 3.27. The summed E-state index contributed by atoms with van der Waals surface area (Å²) in [5, 5.41) is 1.33. The molecule has 0 aliphatic carbocycles. The smallest absolute Gasteiger partial charge is 0.266 e. The van der Waals surface area contributed by atoms with E-state index in [9.17, 15) is 4.79 Å². The van der Waals surface area contributed by atoms with Gasteiger partial charge in [0.2, 0.25) is 0 Å². The molecule has 0 fully saturated rings. The van der Waals surface area contributed by atoms with E-state index in [0.717, 1.165) is 22.3 Å². The third-order valence-corrected chi connectivity index (χ3v) is 4.83. The molecular weight excluding hydrogens is 304 g/mol. The minimum atomic E-state index is -0.0316. The maximum atomic E-state index is 13.1. The summed E-state index contributed by atoms with van der Waals surface area (Å²) in [6, 6.07) is 13.5.